The number of aromatic hydroxyl groups is 1. The Hall–Kier alpha value is -2.80. The molecule has 0 aliphatic carbocycles. The Balaban J connectivity index is 1.86. The minimum atomic E-state index is -0.0919. The fourth-order valence-corrected chi connectivity index (χ4v) is 4.20. The van der Waals surface area contributed by atoms with Crippen molar-refractivity contribution in [1.82, 2.24) is 0 Å². The number of phenols is 1. The molecule has 2 aromatic carbocycles. The Morgan fingerprint density at radius 3 is 2.07 bits per heavy atom. The van der Waals surface area contributed by atoms with Gasteiger partial charge in [0.1, 0.15) is 11.8 Å². The molecule has 0 aromatic heterocycles. The lowest BCUT2D eigenvalue weighted by Crippen LogP contribution is -3.10. The highest BCUT2D eigenvalue weighted by molar-refractivity contribution is 5.58. The highest BCUT2D eigenvalue weighted by Gasteiger charge is 2.34. The lowest BCUT2D eigenvalue weighted by atomic mass is 9.95. The zero-order valence-corrected chi connectivity index (χ0v) is 16.4. The quantitative estimate of drug-likeness (QED) is 0.788. The highest BCUT2D eigenvalue weighted by Crippen LogP contribution is 2.44. The van der Waals surface area contributed by atoms with E-state index in [1.165, 1.54) is 4.90 Å². The van der Waals surface area contributed by atoms with Crippen LogP contribution < -0.4 is 28.6 Å². The molecule has 7 heteroatoms. The van der Waals surface area contributed by atoms with Gasteiger partial charge in [-0.2, -0.15) is 0 Å². The van der Waals surface area contributed by atoms with Crippen molar-refractivity contribution >= 4 is 0 Å². The Morgan fingerprint density at radius 2 is 1.50 bits per heavy atom. The lowest BCUT2D eigenvalue weighted by molar-refractivity contribution is -0.913. The van der Waals surface area contributed by atoms with Crippen LogP contribution in [0.2, 0.25) is 0 Å². The summed E-state index contributed by atoms with van der Waals surface area (Å²) in [5, 5.41) is 10.8. The normalized spacial score (nSPS) is 16.8. The molecule has 0 saturated carbocycles. The summed E-state index contributed by atoms with van der Waals surface area (Å²) in [4.78, 5) is 1.38. The van der Waals surface area contributed by atoms with Gasteiger partial charge in [-0.1, -0.05) is 0 Å². The Morgan fingerprint density at radius 1 is 0.893 bits per heavy atom. The lowest BCUT2D eigenvalue weighted by Gasteiger charge is -2.27. The van der Waals surface area contributed by atoms with Gasteiger partial charge in [0.25, 0.3) is 0 Å². The SMILES string of the molecule is COc1cc([C@H](c2cc3c(cc2O)OCO3)[NH+]2CCCC2)cc(OC)c1OC. The van der Waals surface area contributed by atoms with Crippen molar-refractivity contribution in [3.63, 3.8) is 0 Å². The zero-order valence-electron chi connectivity index (χ0n) is 16.4. The first kappa shape index (κ1) is 18.6. The maximum Gasteiger partial charge on any atom is 0.231 e. The first-order valence-electron chi connectivity index (χ1n) is 9.43. The summed E-state index contributed by atoms with van der Waals surface area (Å²) in [5.74, 6) is 3.17. The number of ether oxygens (including phenoxy) is 5. The Labute approximate surface area is 164 Å². The first-order valence-corrected chi connectivity index (χ1v) is 9.43. The summed E-state index contributed by atoms with van der Waals surface area (Å²) in [6.07, 6.45) is 2.31. The fraction of sp³-hybridized carbons (Fsp3) is 0.429. The number of likely N-dealkylation sites (tertiary alicyclic amines) is 1. The molecular weight excluding hydrogens is 362 g/mol. The van der Waals surface area contributed by atoms with Crippen LogP contribution in [0.15, 0.2) is 24.3 Å². The van der Waals surface area contributed by atoms with Crippen molar-refractivity contribution in [1.29, 1.82) is 0 Å². The number of hydrogen-bond donors (Lipinski definition) is 2. The molecule has 2 aliphatic rings. The van der Waals surface area contributed by atoms with Crippen molar-refractivity contribution < 1.29 is 33.7 Å². The number of fused-ring (bicyclic) bond motifs is 1. The van der Waals surface area contributed by atoms with E-state index in [4.69, 9.17) is 23.7 Å². The van der Waals surface area contributed by atoms with E-state index in [9.17, 15) is 5.11 Å². The Kier molecular flexibility index (Phi) is 5.09. The monoisotopic (exact) mass is 388 g/mol. The minimum absolute atomic E-state index is 0.0919. The van der Waals surface area contributed by atoms with E-state index < -0.39 is 0 Å². The number of benzene rings is 2. The molecule has 0 unspecified atom stereocenters. The second-order valence-corrected chi connectivity index (χ2v) is 7.02. The standard InChI is InChI=1S/C21H25NO6/c1-24-18-8-13(9-19(25-2)21(18)26-3)20(22-6-4-5-7-22)14-10-16-17(11-15(14)23)28-12-27-16/h8-11,20,23H,4-7,12H2,1-3H3/p+1/t20-/m1/s1. The van der Waals surface area contributed by atoms with Crippen LogP contribution in [0.5, 0.6) is 34.5 Å². The van der Waals surface area contributed by atoms with Crippen LogP contribution >= 0.6 is 0 Å². The van der Waals surface area contributed by atoms with Gasteiger partial charge >= 0.3 is 0 Å². The molecule has 1 fully saturated rings. The smallest absolute Gasteiger partial charge is 0.231 e. The average Bonchev–Trinajstić information content (AvgIpc) is 3.39. The molecular formula is C21H26NO6+. The van der Waals surface area contributed by atoms with Crippen LogP contribution in [-0.2, 0) is 0 Å². The van der Waals surface area contributed by atoms with Crippen LogP contribution in [0.25, 0.3) is 0 Å². The second kappa shape index (κ2) is 7.67. The van der Waals surface area contributed by atoms with Crippen molar-refractivity contribution in [3.8, 4) is 34.5 Å². The molecule has 1 saturated heterocycles. The Bertz CT molecular complexity index is 837. The molecule has 2 N–H and O–H groups in total. The van der Waals surface area contributed by atoms with Gasteiger partial charge < -0.3 is 33.7 Å². The van der Waals surface area contributed by atoms with Crippen molar-refractivity contribution in [3.05, 3.63) is 35.4 Å². The van der Waals surface area contributed by atoms with E-state index in [-0.39, 0.29) is 18.6 Å². The second-order valence-electron chi connectivity index (χ2n) is 7.02. The number of hydrogen-bond acceptors (Lipinski definition) is 6. The van der Waals surface area contributed by atoms with Gasteiger partial charge in [0.2, 0.25) is 12.5 Å². The third kappa shape index (κ3) is 3.16. The van der Waals surface area contributed by atoms with E-state index in [1.54, 1.807) is 27.4 Å². The summed E-state index contributed by atoms with van der Waals surface area (Å²) >= 11 is 0. The predicted molar refractivity (Wildman–Crippen MR) is 102 cm³/mol. The van der Waals surface area contributed by atoms with Crippen LogP contribution in [0, 0.1) is 0 Å². The molecule has 0 bridgehead atoms. The summed E-state index contributed by atoms with van der Waals surface area (Å²) < 4.78 is 27.5. The molecule has 2 aliphatic heterocycles. The topological polar surface area (TPSA) is 70.8 Å². The van der Waals surface area contributed by atoms with Crippen LogP contribution in [-0.4, -0.2) is 46.3 Å². The summed E-state index contributed by atoms with van der Waals surface area (Å²) in [6.45, 7) is 2.22. The first-order chi connectivity index (χ1) is 13.7. The molecule has 150 valence electrons. The van der Waals surface area contributed by atoms with Crippen molar-refractivity contribution in [2.24, 2.45) is 0 Å². The predicted octanol–water partition coefficient (Wildman–Crippen LogP) is 1.91. The van der Waals surface area contributed by atoms with Crippen molar-refractivity contribution in [2.45, 2.75) is 18.9 Å². The average molecular weight is 388 g/mol. The maximum absolute atomic E-state index is 10.8. The van der Waals surface area contributed by atoms with Gasteiger partial charge in [-0.25, -0.2) is 0 Å². The number of nitrogens with one attached hydrogen (secondary N) is 1. The van der Waals surface area contributed by atoms with Gasteiger partial charge in [-0.3, -0.25) is 0 Å². The molecule has 4 rings (SSSR count). The summed E-state index contributed by atoms with van der Waals surface area (Å²) in [7, 11) is 4.81. The molecule has 2 aromatic rings. The van der Waals surface area contributed by atoms with E-state index in [0.29, 0.717) is 28.7 Å². The number of quaternary nitrogens is 1. The van der Waals surface area contributed by atoms with Gasteiger partial charge in [0.15, 0.2) is 23.0 Å². The van der Waals surface area contributed by atoms with Crippen LogP contribution in [0.3, 0.4) is 0 Å². The molecule has 1 atom stereocenters. The minimum Gasteiger partial charge on any atom is -0.507 e. The van der Waals surface area contributed by atoms with E-state index in [1.807, 2.05) is 18.2 Å². The molecule has 2 heterocycles. The van der Waals surface area contributed by atoms with E-state index >= 15 is 0 Å². The molecule has 0 radical (unpaired) electrons. The van der Waals surface area contributed by atoms with Crippen molar-refractivity contribution in [2.75, 3.05) is 41.2 Å². The van der Waals surface area contributed by atoms with Crippen LogP contribution in [0.1, 0.15) is 30.0 Å². The van der Waals surface area contributed by atoms with E-state index in [0.717, 1.165) is 37.1 Å². The van der Waals surface area contributed by atoms with Gasteiger partial charge in [-0.15, -0.1) is 0 Å². The summed E-state index contributed by atoms with van der Waals surface area (Å²) in [6, 6.07) is 7.35. The van der Waals surface area contributed by atoms with Gasteiger partial charge in [-0.05, 0) is 18.2 Å². The largest absolute Gasteiger partial charge is 0.507 e. The molecule has 7 nitrogen and oxygen atoms in total. The highest BCUT2D eigenvalue weighted by atomic mass is 16.7. The molecule has 28 heavy (non-hydrogen) atoms. The van der Waals surface area contributed by atoms with E-state index in [2.05, 4.69) is 0 Å². The van der Waals surface area contributed by atoms with Gasteiger partial charge in [0, 0.05) is 24.5 Å². The number of methoxy groups -OCH3 is 3. The number of phenolic OH excluding ortho intramolecular Hbond substituents is 1. The third-order valence-corrected chi connectivity index (χ3v) is 5.51. The number of rotatable bonds is 6. The fourth-order valence-electron chi connectivity index (χ4n) is 4.20. The molecule has 0 amide bonds. The maximum atomic E-state index is 10.8. The summed E-state index contributed by atoms with van der Waals surface area (Å²) in [5.41, 5.74) is 1.79. The van der Waals surface area contributed by atoms with Gasteiger partial charge in [0.05, 0.1) is 40.0 Å². The zero-order chi connectivity index (χ0) is 19.7. The van der Waals surface area contributed by atoms with Crippen LogP contribution in [0.4, 0.5) is 0 Å². The molecule has 0 spiro atoms. The third-order valence-electron chi connectivity index (χ3n) is 5.51.